The first kappa shape index (κ1) is 17.1. The van der Waals surface area contributed by atoms with Gasteiger partial charge in [-0.15, -0.1) is 0 Å². The van der Waals surface area contributed by atoms with E-state index < -0.39 is 0 Å². The SMILES string of the molecule is CN(C)C(=O)CCNC(=O)NCC1CCN(c2ccccc2)C1. The molecule has 126 valence electrons. The number of nitrogens with zero attached hydrogens (tertiary/aromatic N) is 2. The second-order valence-corrected chi connectivity index (χ2v) is 6.11. The van der Waals surface area contributed by atoms with Gasteiger partial charge in [0.25, 0.3) is 0 Å². The molecule has 6 nitrogen and oxygen atoms in total. The van der Waals surface area contributed by atoms with Crippen molar-refractivity contribution in [3.63, 3.8) is 0 Å². The molecule has 1 aromatic rings. The molecular weight excluding hydrogens is 292 g/mol. The quantitative estimate of drug-likeness (QED) is 0.831. The molecule has 1 atom stereocenters. The Morgan fingerprint density at radius 2 is 1.96 bits per heavy atom. The Hall–Kier alpha value is -2.24. The second-order valence-electron chi connectivity index (χ2n) is 6.11. The Bertz CT molecular complexity index is 519. The smallest absolute Gasteiger partial charge is 0.314 e. The van der Waals surface area contributed by atoms with E-state index in [9.17, 15) is 9.59 Å². The maximum atomic E-state index is 11.7. The van der Waals surface area contributed by atoms with Crippen molar-refractivity contribution in [3.8, 4) is 0 Å². The maximum absolute atomic E-state index is 11.7. The molecule has 1 aromatic carbocycles. The fourth-order valence-corrected chi connectivity index (χ4v) is 2.68. The summed E-state index contributed by atoms with van der Waals surface area (Å²) in [5.41, 5.74) is 1.24. The van der Waals surface area contributed by atoms with Crippen molar-refractivity contribution in [1.82, 2.24) is 15.5 Å². The number of para-hydroxylation sites is 1. The first-order valence-electron chi connectivity index (χ1n) is 8.08. The summed E-state index contributed by atoms with van der Waals surface area (Å²) in [6, 6.07) is 10.1. The van der Waals surface area contributed by atoms with Gasteiger partial charge in [-0.25, -0.2) is 4.79 Å². The maximum Gasteiger partial charge on any atom is 0.314 e. The van der Waals surface area contributed by atoms with Crippen LogP contribution in [0.1, 0.15) is 12.8 Å². The Labute approximate surface area is 137 Å². The highest BCUT2D eigenvalue weighted by Crippen LogP contribution is 2.22. The number of benzene rings is 1. The molecule has 0 radical (unpaired) electrons. The van der Waals surface area contributed by atoms with Crippen molar-refractivity contribution in [2.24, 2.45) is 5.92 Å². The Balaban J connectivity index is 1.63. The van der Waals surface area contributed by atoms with Crippen LogP contribution in [0.5, 0.6) is 0 Å². The Kier molecular flexibility index (Phi) is 6.26. The van der Waals surface area contributed by atoms with Crippen molar-refractivity contribution < 1.29 is 9.59 Å². The fraction of sp³-hybridized carbons (Fsp3) is 0.529. The monoisotopic (exact) mass is 318 g/mol. The van der Waals surface area contributed by atoms with Gasteiger partial charge in [0.1, 0.15) is 0 Å². The minimum atomic E-state index is -0.199. The van der Waals surface area contributed by atoms with Gasteiger partial charge in [0.2, 0.25) is 5.91 Å². The lowest BCUT2D eigenvalue weighted by atomic mass is 10.1. The van der Waals surface area contributed by atoms with Crippen molar-refractivity contribution in [3.05, 3.63) is 30.3 Å². The largest absolute Gasteiger partial charge is 0.371 e. The molecule has 0 saturated carbocycles. The number of nitrogens with one attached hydrogen (secondary N) is 2. The molecule has 2 N–H and O–H groups in total. The molecule has 1 saturated heterocycles. The van der Waals surface area contributed by atoms with Crippen LogP contribution in [0.15, 0.2) is 30.3 Å². The van der Waals surface area contributed by atoms with Gasteiger partial charge < -0.3 is 20.4 Å². The highest BCUT2D eigenvalue weighted by molar-refractivity contribution is 5.77. The van der Waals surface area contributed by atoms with Gasteiger partial charge >= 0.3 is 6.03 Å². The molecule has 6 heteroatoms. The van der Waals surface area contributed by atoms with Crippen LogP contribution in [0.4, 0.5) is 10.5 Å². The number of anilines is 1. The molecule has 0 aliphatic carbocycles. The van der Waals surface area contributed by atoms with Crippen LogP contribution in [0.25, 0.3) is 0 Å². The zero-order valence-electron chi connectivity index (χ0n) is 13.9. The lowest BCUT2D eigenvalue weighted by molar-refractivity contribution is -0.128. The van der Waals surface area contributed by atoms with Crippen LogP contribution in [0, 0.1) is 5.92 Å². The van der Waals surface area contributed by atoms with E-state index >= 15 is 0 Å². The van der Waals surface area contributed by atoms with Gasteiger partial charge in [0.15, 0.2) is 0 Å². The third kappa shape index (κ3) is 5.47. The lowest BCUT2D eigenvalue weighted by Crippen LogP contribution is -2.40. The molecule has 1 heterocycles. The first-order chi connectivity index (χ1) is 11.1. The molecule has 1 aliphatic heterocycles. The molecule has 2 rings (SSSR count). The van der Waals surface area contributed by atoms with Gasteiger partial charge in [0, 0.05) is 52.4 Å². The van der Waals surface area contributed by atoms with E-state index in [4.69, 9.17) is 0 Å². The molecule has 1 fully saturated rings. The summed E-state index contributed by atoms with van der Waals surface area (Å²) in [4.78, 5) is 27.0. The number of carbonyl (C=O) groups excluding carboxylic acids is 2. The average Bonchev–Trinajstić information content (AvgIpc) is 3.02. The highest BCUT2D eigenvalue weighted by Gasteiger charge is 2.22. The van der Waals surface area contributed by atoms with E-state index in [1.165, 1.54) is 10.6 Å². The van der Waals surface area contributed by atoms with E-state index in [0.29, 0.717) is 25.4 Å². The predicted molar refractivity (Wildman–Crippen MR) is 91.5 cm³/mol. The summed E-state index contributed by atoms with van der Waals surface area (Å²) in [6.07, 6.45) is 1.40. The summed E-state index contributed by atoms with van der Waals surface area (Å²) in [5, 5.41) is 5.62. The summed E-state index contributed by atoms with van der Waals surface area (Å²) in [6.45, 7) is 3.01. The van der Waals surface area contributed by atoms with E-state index in [0.717, 1.165) is 19.5 Å². The molecule has 0 aromatic heterocycles. The Morgan fingerprint density at radius 1 is 1.22 bits per heavy atom. The number of carbonyl (C=O) groups is 2. The number of amides is 3. The van der Waals surface area contributed by atoms with E-state index in [-0.39, 0.29) is 11.9 Å². The number of hydrogen-bond acceptors (Lipinski definition) is 3. The van der Waals surface area contributed by atoms with Crippen LogP contribution in [-0.4, -0.2) is 57.1 Å². The van der Waals surface area contributed by atoms with Crippen LogP contribution in [0.2, 0.25) is 0 Å². The van der Waals surface area contributed by atoms with Gasteiger partial charge in [0.05, 0.1) is 0 Å². The van der Waals surface area contributed by atoms with Crippen LogP contribution in [0.3, 0.4) is 0 Å². The molecule has 23 heavy (non-hydrogen) atoms. The highest BCUT2D eigenvalue weighted by atomic mass is 16.2. The zero-order chi connectivity index (χ0) is 16.7. The van der Waals surface area contributed by atoms with Crippen molar-refractivity contribution in [2.75, 3.05) is 45.2 Å². The predicted octanol–water partition coefficient (Wildman–Crippen LogP) is 1.29. The fourth-order valence-electron chi connectivity index (χ4n) is 2.68. The second kappa shape index (κ2) is 8.41. The van der Waals surface area contributed by atoms with E-state index in [2.05, 4.69) is 27.7 Å². The third-order valence-electron chi connectivity index (χ3n) is 4.08. The summed E-state index contributed by atoms with van der Waals surface area (Å²) in [5.74, 6) is 0.476. The van der Waals surface area contributed by atoms with Crippen LogP contribution < -0.4 is 15.5 Å². The number of rotatable bonds is 6. The molecular formula is C17H26N4O2. The summed E-state index contributed by atoms with van der Waals surface area (Å²) in [7, 11) is 3.42. The Morgan fingerprint density at radius 3 is 2.65 bits per heavy atom. The molecule has 1 unspecified atom stereocenters. The zero-order valence-corrected chi connectivity index (χ0v) is 13.9. The third-order valence-corrected chi connectivity index (χ3v) is 4.08. The molecule has 0 bridgehead atoms. The van der Waals surface area contributed by atoms with Gasteiger partial charge in [-0.1, -0.05) is 18.2 Å². The van der Waals surface area contributed by atoms with E-state index in [1.54, 1.807) is 14.1 Å². The van der Waals surface area contributed by atoms with Gasteiger partial charge in [-0.2, -0.15) is 0 Å². The molecule has 1 aliphatic rings. The molecule has 0 spiro atoms. The standard InChI is InChI=1S/C17H26N4O2/c1-20(2)16(22)8-10-18-17(23)19-12-14-9-11-21(13-14)15-6-4-3-5-7-15/h3-7,14H,8-13H2,1-2H3,(H2,18,19,23). The van der Waals surface area contributed by atoms with Crippen molar-refractivity contribution >= 4 is 17.6 Å². The van der Waals surface area contributed by atoms with Gasteiger partial charge in [-0.05, 0) is 24.5 Å². The summed E-state index contributed by atoms with van der Waals surface area (Å²) >= 11 is 0. The van der Waals surface area contributed by atoms with Crippen molar-refractivity contribution in [2.45, 2.75) is 12.8 Å². The first-order valence-corrected chi connectivity index (χ1v) is 8.08. The summed E-state index contributed by atoms with van der Waals surface area (Å²) < 4.78 is 0. The minimum Gasteiger partial charge on any atom is -0.371 e. The normalized spacial score (nSPS) is 17.0. The number of urea groups is 1. The van der Waals surface area contributed by atoms with Crippen molar-refractivity contribution in [1.29, 1.82) is 0 Å². The number of hydrogen-bond donors (Lipinski definition) is 2. The van der Waals surface area contributed by atoms with E-state index in [1.807, 2.05) is 18.2 Å². The topological polar surface area (TPSA) is 64.7 Å². The van der Waals surface area contributed by atoms with Gasteiger partial charge in [-0.3, -0.25) is 4.79 Å². The van der Waals surface area contributed by atoms with Crippen LogP contribution >= 0.6 is 0 Å². The van der Waals surface area contributed by atoms with Crippen LogP contribution in [-0.2, 0) is 4.79 Å². The minimum absolute atomic E-state index is 0.0135. The molecule has 3 amide bonds. The lowest BCUT2D eigenvalue weighted by Gasteiger charge is -2.18. The average molecular weight is 318 g/mol.